The molecule has 9 nitrogen and oxygen atoms in total. The van der Waals surface area contributed by atoms with E-state index in [0.717, 1.165) is 5.56 Å². The number of esters is 1. The van der Waals surface area contributed by atoms with Gasteiger partial charge in [0.05, 0.1) is 45.9 Å². The van der Waals surface area contributed by atoms with Crippen LogP contribution in [0.3, 0.4) is 0 Å². The van der Waals surface area contributed by atoms with Crippen LogP contribution < -0.4 is 29.2 Å². The number of hydrogen-bond acceptors (Lipinski definition) is 8. The molecule has 1 aromatic heterocycles. The Balaban J connectivity index is 1.92. The lowest BCUT2D eigenvalue weighted by Crippen LogP contribution is -2.29. The standard InChI is InChI=1S/C28H25NO8/c1-32-19-8-6-5-7-17(19)14-29-18-10-12-21(33-2)26(34-3)24(18)23(25(27(29)30)28(31)35-4)16-9-11-20-22(13-16)37-15-36-20/h5-13H,14-15H2,1-4H3. The van der Waals surface area contributed by atoms with E-state index in [1.807, 2.05) is 24.3 Å². The summed E-state index contributed by atoms with van der Waals surface area (Å²) in [6.45, 7) is 0.223. The van der Waals surface area contributed by atoms with Crippen molar-refractivity contribution in [2.75, 3.05) is 35.2 Å². The van der Waals surface area contributed by atoms with Gasteiger partial charge in [0.1, 0.15) is 11.3 Å². The van der Waals surface area contributed by atoms with Gasteiger partial charge in [0.2, 0.25) is 6.79 Å². The second kappa shape index (κ2) is 9.77. The fourth-order valence-corrected chi connectivity index (χ4v) is 4.65. The predicted molar refractivity (Wildman–Crippen MR) is 136 cm³/mol. The van der Waals surface area contributed by atoms with E-state index in [-0.39, 0.29) is 18.9 Å². The number of fused-ring (bicyclic) bond motifs is 2. The third-order valence-corrected chi connectivity index (χ3v) is 6.35. The molecule has 1 aliphatic heterocycles. The van der Waals surface area contributed by atoms with Crippen molar-refractivity contribution in [3.05, 3.63) is 76.1 Å². The minimum absolute atomic E-state index is 0.0844. The normalized spacial score (nSPS) is 11.9. The molecule has 0 spiro atoms. The Morgan fingerprint density at radius 1 is 0.892 bits per heavy atom. The number of aromatic nitrogens is 1. The smallest absolute Gasteiger partial charge is 0.344 e. The molecule has 0 unspecified atom stereocenters. The number of nitrogens with zero attached hydrogens (tertiary/aromatic N) is 1. The van der Waals surface area contributed by atoms with E-state index in [4.69, 9.17) is 28.4 Å². The number of pyridine rings is 1. The van der Waals surface area contributed by atoms with Crippen LogP contribution in [0.5, 0.6) is 28.7 Å². The third kappa shape index (κ3) is 3.98. The maximum absolute atomic E-state index is 14.1. The van der Waals surface area contributed by atoms with Gasteiger partial charge in [0, 0.05) is 11.1 Å². The van der Waals surface area contributed by atoms with Crippen LogP contribution in [0, 0.1) is 0 Å². The summed E-state index contributed by atoms with van der Waals surface area (Å²) >= 11 is 0. The van der Waals surface area contributed by atoms with Gasteiger partial charge in [0.15, 0.2) is 23.0 Å². The highest BCUT2D eigenvalue weighted by Crippen LogP contribution is 2.44. The first-order chi connectivity index (χ1) is 18.0. The zero-order valence-corrected chi connectivity index (χ0v) is 20.8. The summed E-state index contributed by atoms with van der Waals surface area (Å²) in [6.07, 6.45) is 0. The average molecular weight is 504 g/mol. The quantitative estimate of drug-likeness (QED) is 0.346. The van der Waals surface area contributed by atoms with Crippen molar-refractivity contribution in [3.63, 3.8) is 0 Å². The van der Waals surface area contributed by atoms with Gasteiger partial charge < -0.3 is 33.0 Å². The molecule has 0 radical (unpaired) electrons. The zero-order valence-electron chi connectivity index (χ0n) is 20.8. The number of para-hydroxylation sites is 1. The number of hydrogen-bond donors (Lipinski definition) is 0. The Morgan fingerprint density at radius 2 is 1.65 bits per heavy atom. The molecule has 2 heterocycles. The first-order valence-electron chi connectivity index (χ1n) is 11.4. The highest BCUT2D eigenvalue weighted by molar-refractivity contribution is 6.10. The number of benzene rings is 3. The molecule has 0 saturated carbocycles. The molecule has 9 heteroatoms. The molecule has 0 bridgehead atoms. The number of ether oxygens (including phenoxy) is 6. The first kappa shape index (κ1) is 24.1. The summed E-state index contributed by atoms with van der Waals surface area (Å²) in [4.78, 5) is 27.3. The highest BCUT2D eigenvalue weighted by atomic mass is 16.7. The number of carbonyl (C=O) groups excluding carboxylic acids is 1. The lowest BCUT2D eigenvalue weighted by atomic mass is 9.94. The van der Waals surface area contributed by atoms with Crippen molar-refractivity contribution >= 4 is 16.9 Å². The van der Waals surface area contributed by atoms with Crippen molar-refractivity contribution < 1.29 is 33.2 Å². The molecule has 1 aliphatic rings. The van der Waals surface area contributed by atoms with Gasteiger partial charge in [-0.2, -0.15) is 0 Å². The van der Waals surface area contributed by atoms with E-state index in [0.29, 0.717) is 50.8 Å². The Hall–Kier alpha value is -4.66. The van der Waals surface area contributed by atoms with Gasteiger partial charge in [0.25, 0.3) is 5.56 Å². The molecular weight excluding hydrogens is 478 g/mol. The van der Waals surface area contributed by atoms with Crippen LogP contribution in [0.25, 0.3) is 22.0 Å². The van der Waals surface area contributed by atoms with E-state index < -0.39 is 11.5 Å². The molecule has 190 valence electrons. The van der Waals surface area contributed by atoms with Gasteiger partial charge in [-0.25, -0.2) is 4.79 Å². The fourth-order valence-electron chi connectivity index (χ4n) is 4.65. The van der Waals surface area contributed by atoms with Crippen molar-refractivity contribution in [1.82, 2.24) is 4.57 Å². The molecule has 37 heavy (non-hydrogen) atoms. The lowest BCUT2D eigenvalue weighted by Gasteiger charge is -2.21. The second-order valence-corrected chi connectivity index (χ2v) is 8.21. The zero-order chi connectivity index (χ0) is 26.1. The molecule has 0 atom stereocenters. The molecule has 5 rings (SSSR count). The Labute approximate surface area is 212 Å². The largest absolute Gasteiger partial charge is 0.496 e. The summed E-state index contributed by atoms with van der Waals surface area (Å²) in [6, 6.07) is 16.1. The van der Waals surface area contributed by atoms with Gasteiger partial charge >= 0.3 is 5.97 Å². The van der Waals surface area contributed by atoms with E-state index in [2.05, 4.69) is 0 Å². The first-order valence-corrected chi connectivity index (χ1v) is 11.4. The number of methoxy groups -OCH3 is 4. The number of rotatable bonds is 7. The molecule has 4 aromatic rings. The van der Waals surface area contributed by atoms with Gasteiger partial charge in [-0.05, 0) is 35.9 Å². The molecule has 0 aliphatic carbocycles. The number of carbonyl (C=O) groups is 1. The molecule has 3 aromatic carbocycles. The van der Waals surface area contributed by atoms with Crippen LogP contribution in [0.4, 0.5) is 0 Å². The molecule has 0 saturated heterocycles. The van der Waals surface area contributed by atoms with Crippen molar-refractivity contribution in [3.8, 4) is 39.9 Å². The molecular formula is C28H25NO8. The van der Waals surface area contributed by atoms with Crippen LogP contribution in [-0.4, -0.2) is 45.8 Å². The van der Waals surface area contributed by atoms with Crippen LogP contribution in [0.2, 0.25) is 0 Å². The van der Waals surface area contributed by atoms with Crippen molar-refractivity contribution in [2.24, 2.45) is 0 Å². The maximum atomic E-state index is 14.1. The Bertz CT molecular complexity index is 1570. The van der Waals surface area contributed by atoms with E-state index in [1.54, 1.807) is 37.4 Å². The van der Waals surface area contributed by atoms with Gasteiger partial charge in [-0.15, -0.1) is 0 Å². The van der Waals surface area contributed by atoms with Gasteiger partial charge in [-0.1, -0.05) is 24.3 Å². The summed E-state index contributed by atoms with van der Waals surface area (Å²) in [5.41, 5.74) is 1.53. The SMILES string of the molecule is COC(=O)c1c(-c2ccc3c(c2)OCO3)c2c(OC)c(OC)ccc2n(Cc2ccccc2OC)c1=O. The van der Waals surface area contributed by atoms with Crippen LogP contribution in [0.1, 0.15) is 15.9 Å². The van der Waals surface area contributed by atoms with Crippen molar-refractivity contribution in [2.45, 2.75) is 6.54 Å². The van der Waals surface area contributed by atoms with Crippen LogP contribution >= 0.6 is 0 Å². The predicted octanol–water partition coefficient (Wildman–Crippen LogP) is 4.26. The Kier molecular flexibility index (Phi) is 6.35. The summed E-state index contributed by atoms with van der Waals surface area (Å²) in [5.74, 6) is 1.71. The average Bonchev–Trinajstić information content (AvgIpc) is 3.41. The fraction of sp³-hybridized carbons (Fsp3) is 0.214. The van der Waals surface area contributed by atoms with Crippen molar-refractivity contribution in [1.29, 1.82) is 0 Å². The summed E-state index contributed by atoms with van der Waals surface area (Å²) < 4.78 is 34.5. The summed E-state index contributed by atoms with van der Waals surface area (Å²) in [5, 5.41) is 0.510. The minimum Gasteiger partial charge on any atom is -0.496 e. The molecule has 0 amide bonds. The van der Waals surface area contributed by atoms with Crippen LogP contribution in [-0.2, 0) is 11.3 Å². The second-order valence-electron chi connectivity index (χ2n) is 8.21. The molecule has 0 fully saturated rings. The van der Waals surface area contributed by atoms with E-state index in [1.165, 1.54) is 25.9 Å². The molecule has 0 N–H and O–H groups in total. The topological polar surface area (TPSA) is 94.5 Å². The lowest BCUT2D eigenvalue weighted by molar-refractivity contribution is 0.0599. The minimum atomic E-state index is -0.779. The van der Waals surface area contributed by atoms with E-state index >= 15 is 0 Å². The highest BCUT2D eigenvalue weighted by Gasteiger charge is 2.29. The summed E-state index contributed by atoms with van der Waals surface area (Å²) in [7, 11) is 5.84. The monoisotopic (exact) mass is 503 g/mol. The third-order valence-electron chi connectivity index (χ3n) is 6.35. The van der Waals surface area contributed by atoms with E-state index in [9.17, 15) is 9.59 Å². The Morgan fingerprint density at radius 3 is 2.38 bits per heavy atom. The van der Waals surface area contributed by atoms with Crippen LogP contribution in [0.15, 0.2) is 59.4 Å². The van der Waals surface area contributed by atoms with Gasteiger partial charge in [-0.3, -0.25) is 4.79 Å². The maximum Gasteiger partial charge on any atom is 0.344 e.